The predicted molar refractivity (Wildman–Crippen MR) is 255 cm³/mol. The average molecular weight is 931 g/mol. The highest BCUT2D eigenvalue weighted by Gasteiger charge is 2.66. The fourth-order valence-electron chi connectivity index (χ4n) is 8.32. The molecule has 1 unspecified atom stereocenters. The number of carbonyl (C=O) groups is 1. The summed E-state index contributed by atoms with van der Waals surface area (Å²) in [6.07, 6.45) is 3.72. The van der Waals surface area contributed by atoms with Gasteiger partial charge in [0, 0.05) is 42.4 Å². The van der Waals surface area contributed by atoms with E-state index in [9.17, 15) is 24.2 Å². The lowest BCUT2D eigenvalue weighted by Crippen LogP contribution is -2.67. The van der Waals surface area contributed by atoms with Gasteiger partial charge in [0.1, 0.15) is 11.9 Å². The number of hydrogen-bond acceptors (Lipinski definition) is 11. The van der Waals surface area contributed by atoms with Gasteiger partial charge in [-0.1, -0.05) is 131 Å². The number of hydrogen-bond donors (Lipinski definition) is 3. The van der Waals surface area contributed by atoms with Crippen LogP contribution in [0.2, 0.25) is 23.2 Å². The minimum Gasteiger partial charge on any atom is -0.405 e. The van der Waals surface area contributed by atoms with Gasteiger partial charge in [-0.2, -0.15) is 4.98 Å². The van der Waals surface area contributed by atoms with E-state index in [0.717, 1.165) is 21.5 Å². The van der Waals surface area contributed by atoms with Crippen molar-refractivity contribution in [2.24, 2.45) is 4.99 Å². The van der Waals surface area contributed by atoms with Gasteiger partial charge in [-0.3, -0.25) is 14.4 Å². The van der Waals surface area contributed by atoms with Gasteiger partial charge < -0.3 is 28.9 Å². The highest BCUT2D eigenvalue weighted by atomic mass is 31.1. The molecule has 3 aliphatic heterocycles. The number of anilines is 1. The molecule has 0 radical (unpaired) electrons. The van der Waals surface area contributed by atoms with E-state index in [-0.39, 0.29) is 12.4 Å². The van der Waals surface area contributed by atoms with E-state index in [0.29, 0.717) is 5.56 Å². The maximum absolute atomic E-state index is 13.7. The largest absolute Gasteiger partial charge is 0.697 e. The Bertz CT molecular complexity index is 2250. The molecule has 7 rings (SSSR count). The van der Waals surface area contributed by atoms with Crippen LogP contribution in [0.4, 0.5) is 5.82 Å². The van der Waals surface area contributed by atoms with Gasteiger partial charge in [-0.05, 0) is 71.0 Å². The molecule has 0 spiro atoms. The standard InChI is InChI=1S/C38H48N3O9PSi2.C9H16N2/c1-36(2,3)52(7,8)49-32-34(41-25-24-31(40-35(41)43)39-33(42)27-18-12-9-13-19-27)48-30(38(32,44)50-51(45)46)26-47-53(37(4,5)6,28-20-14-10-15-21-28)29-22-16-11-17-23-29;1-2-5-9-10-6-4-8-11(9)7-3-1/h9-25,30,32,34,44H,26H2,1-8H3,(H-,39,40,42,43,45,46);1-8H2/p+1/t30-,32+,34-,38+;/m1./s1. The zero-order valence-electron chi connectivity index (χ0n) is 38.4. The maximum atomic E-state index is 13.7. The van der Waals surface area contributed by atoms with E-state index in [1.165, 1.54) is 63.3 Å². The lowest BCUT2D eigenvalue weighted by molar-refractivity contribution is -0.212. The summed E-state index contributed by atoms with van der Waals surface area (Å²) in [5, 5.41) is 16.2. The van der Waals surface area contributed by atoms with Gasteiger partial charge in [0.2, 0.25) is 0 Å². The van der Waals surface area contributed by atoms with Gasteiger partial charge in [0.05, 0.1) is 12.4 Å². The van der Waals surface area contributed by atoms with Crippen LogP contribution in [0.3, 0.4) is 0 Å². The third-order valence-electron chi connectivity index (χ3n) is 12.7. The molecule has 5 atom stereocenters. The molecule has 14 nitrogen and oxygen atoms in total. The Labute approximate surface area is 380 Å². The highest BCUT2D eigenvalue weighted by molar-refractivity contribution is 7.32. The van der Waals surface area contributed by atoms with E-state index >= 15 is 0 Å². The van der Waals surface area contributed by atoms with Crippen molar-refractivity contribution in [2.75, 3.05) is 31.6 Å². The van der Waals surface area contributed by atoms with E-state index in [4.69, 9.17) is 18.1 Å². The maximum Gasteiger partial charge on any atom is 0.697 e. The molecule has 4 heterocycles. The fraction of sp³-hybridized carbons (Fsp3) is 0.489. The molecule has 64 heavy (non-hydrogen) atoms. The highest BCUT2D eigenvalue weighted by Crippen LogP contribution is 2.49. The van der Waals surface area contributed by atoms with Gasteiger partial charge in [0.15, 0.2) is 20.6 Å². The van der Waals surface area contributed by atoms with Crippen LogP contribution in [0.1, 0.15) is 90.2 Å². The van der Waals surface area contributed by atoms with Crippen molar-refractivity contribution >= 4 is 52.8 Å². The summed E-state index contributed by atoms with van der Waals surface area (Å²) in [6.45, 7) is 19.5. The summed E-state index contributed by atoms with van der Waals surface area (Å²) in [4.78, 5) is 47.9. The third-order valence-corrected chi connectivity index (χ3v) is 22.6. The molecule has 2 fully saturated rings. The van der Waals surface area contributed by atoms with Crippen LogP contribution in [-0.4, -0.2) is 97.1 Å². The number of amides is 1. The molecule has 3 aromatic carbocycles. The van der Waals surface area contributed by atoms with Crippen LogP contribution in [0.25, 0.3) is 0 Å². The molecule has 0 aliphatic carbocycles. The molecule has 0 bridgehead atoms. The Kier molecular flexibility index (Phi) is 15.8. The summed E-state index contributed by atoms with van der Waals surface area (Å²) >= 11 is 0. The number of fused-ring (bicyclic) bond motifs is 1. The summed E-state index contributed by atoms with van der Waals surface area (Å²) in [6, 6.07) is 29.6. The van der Waals surface area contributed by atoms with Crippen LogP contribution in [0.15, 0.2) is 113 Å². The first kappa shape index (κ1) is 49.2. The van der Waals surface area contributed by atoms with Crippen molar-refractivity contribution in [1.29, 1.82) is 0 Å². The molecule has 1 aromatic heterocycles. The number of nitrogens with one attached hydrogen (secondary N) is 1. The molecule has 344 valence electrons. The first-order chi connectivity index (χ1) is 30.3. The lowest BCUT2D eigenvalue weighted by atomic mass is 10.1. The zero-order valence-corrected chi connectivity index (χ0v) is 41.3. The second-order valence-electron chi connectivity index (χ2n) is 19.1. The van der Waals surface area contributed by atoms with Crippen LogP contribution < -0.4 is 21.4 Å². The molecule has 4 aromatic rings. The Morgan fingerprint density at radius 3 is 2.03 bits per heavy atom. The van der Waals surface area contributed by atoms with Crippen LogP contribution in [-0.2, 0) is 22.7 Å². The summed E-state index contributed by atoms with van der Waals surface area (Å²) in [7, 11) is -9.44. The van der Waals surface area contributed by atoms with Gasteiger partial charge in [-0.25, -0.2) is 4.79 Å². The molecule has 17 heteroatoms. The van der Waals surface area contributed by atoms with Crippen molar-refractivity contribution in [3.63, 3.8) is 0 Å². The molecule has 3 N–H and O–H groups in total. The Balaban J connectivity index is 0.000000533. The first-order valence-electron chi connectivity index (χ1n) is 22.2. The van der Waals surface area contributed by atoms with Crippen LogP contribution in [0.5, 0.6) is 0 Å². The topological polar surface area (TPSA) is 174 Å². The van der Waals surface area contributed by atoms with Crippen molar-refractivity contribution in [3.05, 3.63) is 119 Å². The van der Waals surface area contributed by atoms with Crippen molar-refractivity contribution < 1.29 is 37.5 Å². The Morgan fingerprint density at radius 1 is 0.875 bits per heavy atom. The number of aliphatic hydroxyl groups is 1. The molecule has 1 amide bonds. The fourth-order valence-corrected chi connectivity index (χ4v) is 14.6. The van der Waals surface area contributed by atoms with Crippen molar-refractivity contribution in [2.45, 2.75) is 121 Å². The Hall–Kier alpha value is -4.23. The minimum atomic E-state index is -3.40. The van der Waals surface area contributed by atoms with Gasteiger partial charge in [-0.15, -0.1) is 4.89 Å². The number of aliphatic imine (C=N–C) groups is 1. The third kappa shape index (κ3) is 11.1. The number of nitrogens with zero attached hydrogens (tertiary/aromatic N) is 4. The van der Waals surface area contributed by atoms with Crippen molar-refractivity contribution in [1.82, 2.24) is 14.5 Å². The van der Waals surface area contributed by atoms with Crippen LogP contribution in [0, 0.1) is 0 Å². The molecule has 2 saturated heterocycles. The van der Waals surface area contributed by atoms with E-state index in [1.807, 2.05) is 94.5 Å². The van der Waals surface area contributed by atoms with E-state index in [1.54, 1.807) is 30.3 Å². The number of rotatable bonds is 12. The number of aromatic nitrogens is 2. The predicted octanol–water partition coefficient (Wildman–Crippen LogP) is 7.38. The normalized spacial score (nSPS) is 22.0. The summed E-state index contributed by atoms with van der Waals surface area (Å²) < 4.78 is 39.5. The quantitative estimate of drug-likeness (QED) is 0.0735. The smallest absolute Gasteiger partial charge is 0.405 e. The van der Waals surface area contributed by atoms with Crippen molar-refractivity contribution in [3.8, 4) is 0 Å². The number of ether oxygens (including phenoxy) is 1. The molecule has 3 aliphatic rings. The van der Waals surface area contributed by atoms with Gasteiger partial charge in [0.25, 0.3) is 20.0 Å². The zero-order chi connectivity index (χ0) is 46.3. The molecular formula is C47H65N5O9PSi2+. The minimum absolute atomic E-state index is 0.00326. The first-order valence-corrected chi connectivity index (χ1v) is 28.1. The summed E-state index contributed by atoms with van der Waals surface area (Å²) in [5.74, 6) is -1.63. The second-order valence-corrected chi connectivity index (χ2v) is 28.9. The number of carbonyl (C=O) groups excluding carboxylic acids is 1. The SMILES string of the molecule is C1CCC2=NCCCN2CC1.CC(C)(C)[Si](C)(C)O[C@H]1[C@H](n2ccc(NC(=O)c3ccccc3)nc2=O)O[C@H](CO[Si](c2ccccc2)(c2ccccc2)C(C)(C)C)[C@]1(O)O[P+](=O)O. The van der Waals surface area contributed by atoms with Gasteiger partial charge >= 0.3 is 13.9 Å². The van der Waals surface area contributed by atoms with Crippen LogP contribution >= 0.6 is 8.25 Å². The Morgan fingerprint density at radius 2 is 1.47 bits per heavy atom. The second kappa shape index (κ2) is 20.5. The lowest BCUT2D eigenvalue weighted by Gasteiger charge is -2.44. The summed E-state index contributed by atoms with van der Waals surface area (Å²) in [5.41, 5.74) is -0.446. The molecular weight excluding hydrogens is 866 g/mol. The molecule has 0 saturated carbocycles. The van der Waals surface area contributed by atoms with E-state index < -0.39 is 70.8 Å². The number of amidine groups is 1. The monoisotopic (exact) mass is 930 g/mol. The average Bonchev–Trinajstić information content (AvgIpc) is 3.37. The number of benzene rings is 3. The van der Waals surface area contributed by atoms with E-state index in [2.05, 4.69) is 41.0 Å².